The van der Waals surface area contributed by atoms with E-state index in [2.05, 4.69) is 24.8 Å². The van der Waals surface area contributed by atoms with Crippen molar-refractivity contribution in [1.29, 1.82) is 0 Å². The van der Waals surface area contributed by atoms with Gasteiger partial charge in [0.25, 0.3) is 0 Å². The first-order valence-corrected chi connectivity index (χ1v) is 9.73. The maximum Gasteiger partial charge on any atom is 0.330 e. The second-order valence-electron chi connectivity index (χ2n) is 6.72. The molecule has 8 nitrogen and oxygen atoms in total. The Morgan fingerprint density at radius 3 is 3.10 bits per heavy atom. The molecule has 1 aliphatic heterocycles. The quantitative estimate of drug-likeness (QED) is 0.487. The minimum atomic E-state index is -0.364. The van der Waals surface area contributed by atoms with E-state index in [4.69, 9.17) is 9.47 Å². The van der Waals surface area contributed by atoms with Crippen LogP contribution in [0, 0.1) is 0 Å². The molecule has 4 rings (SSSR count). The average molecular weight is 393 g/mol. The average Bonchev–Trinajstić information content (AvgIpc) is 3.40. The Hall–Kier alpha value is -3.42. The van der Waals surface area contributed by atoms with Crippen molar-refractivity contribution in [3.05, 3.63) is 48.6 Å². The smallest absolute Gasteiger partial charge is 0.330 e. The van der Waals surface area contributed by atoms with Gasteiger partial charge in [-0.2, -0.15) is 0 Å². The third kappa shape index (κ3) is 4.21. The van der Waals surface area contributed by atoms with E-state index >= 15 is 0 Å². The van der Waals surface area contributed by atoms with Gasteiger partial charge in [-0.3, -0.25) is 0 Å². The van der Waals surface area contributed by atoms with Gasteiger partial charge in [0.05, 0.1) is 19.0 Å². The van der Waals surface area contributed by atoms with Gasteiger partial charge >= 0.3 is 5.97 Å². The zero-order valence-electron chi connectivity index (χ0n) is 16.2. The lowest BCUT2D eigenvalue weighted by atomic mass is 10.2. The van der Waals surface area contributed by atoms with Crippen LogP contribution >= 0.6 is 0 Å². The van der Waals surface area contributed by atoms with Crippen LogP contribution in [0.4, 0.5) is 5.82 Å². The molecule has 0 unspecified atom stereocenters. The number of para-hydroxylation sites is 1. The number of fused-ring (bicyclic) bond motifs is 1. The van der Waals surface area contributed by atoms with Gasteiger partial charge in [-0.05, 0) is 31.9 Å². The number of H-pyrrole nitrogens is 1. The SMILES string of the molecule is CCOC(=O)C=Cc1ccccc1OC[C@H]1CCCN1c1ncnc2nc[nH]c12. The maximum atomic E-state index is 11.6. The number of nitrogens with one attached hydrogen (secondary N) is 1. The largest absolute Gasteiger partial charge is 0.491 e. The molecule has 0 bridgehead atoms. The van der Waals surface area contributed by atoms with Crippen LogP contribution in [-0.2, 0) is 9.53 Å². The highest BCUT2D eigenvalue weighted by Crippen LogP contribution is 2.29. The predicted molar refractivity (Wildman–Crippen MR) is 110 cm³/mol. The fraction of sp³-hybridized carbons (Fsp3) is 0.333. The number of aromatic nitrogens is 4. The van der Waals surface area contributed by atoms with Gasteiger partial charge in [0.2, 0.25) is 0 Å². The van der Waals surface area contributed by atoms with E-state index < -0.39 is 0 Å². The standard InChI is InChI=1S/C21H23N5O3/c1-2-28-18(27)10-9-15-6-3-4-8-17(15)29-12-16-7-5-11-26(16)21-19-20(23-13-22-19)24-14-25-21/h3-4,6,8-10,13-14,16H,2,5,7,11-12H2,1H3,(H,22,23,24,25)/t16-/m1/s1. The number of benzene rings is 1. The second kappa shape index (κ2) is 8.72. The molecule has 1 saturated heterocycles. The summed E-state index contributed by atoms with van der Waals surface area (Å²) in [6.07, 6.45) is 8.40. The molecule has 3 aromatic rings. The first-order chi connectivity index (χ1) is 14.3. The third-order valence-electron chi connectivity index (χ3n) is 4.89. The first kappa shape index (κ1) is 18.9. The van der Waals surface area contributed by atoms with Gasteiger partial charge in [-0.1, -0.05) is 18.2 Å². The molecule has 0 saturated carbocycles. The number of hydrogen-bond donors (Lipinski definition) is 1. The number of hydrogen-bond acceptors (Lipinski definition) is 7. The fourth-order valence-corrected chi connectivity index (χ4v) is 3.54. The van der Waals surface area contributed by atoms with Gasteiger partial charge < -0.3 is 19.4 Å². The van der Waals surface area contributed by atoms with E-state index in [0.717, 1.165) is 42.0 Å². The monoisotopic (exact) mass is 393 g/mol. The van der Waals surface area contributed by atoms with Crippen LogP contribution in [0.2, 0.25) is 0 Å². The third-order valence-corrected chi connectivity index (χ3v) is 4.89. The number of anilines is 1. The van der Waals surface area contributed by atoms with Crippen molar-refractivity contribution in [2.75, 3.05) is 24.7 Å². The molecule has 0 aliphatic carbocycles. The molecule has 1 fully saturated rings. The maximum absolute atomic E-state index is 11.6. The summed E-state index contributed by atoms with van der Waals surface area (Å²) in [4.78, 5) is 29.9. The Labute approximate surface area is 168 Å². The lowest BCUT2D eigenvalue weighted by Gasteiger charge is -2.26. The molecule has 150 valence electrons. The van der Waals surface area contributed by atoms with Crippen LogP contribution in [0.15, 0.2) is 43.0 Å². The minimum Gasteiger partial charge on any atom is -0.491 e. The molecule has 29 heavy (non-hydrogen) atoms. The Morgan fingerprint density at radius 1 is 1.31 bits per heavy atom. The number of imidazole rings is 1. The minimum absolute atomic E-state index is 0.193. The summed E-state index contributed by atoms with van der Waals surface area (Å²) in [6.45, 7) is 3.56. The van der Waals surface area contributed by atoms with Gasteiger partial charge in [0.15, 0.2) is 11.5 Å². The zero-order chi connectivity index (χ0) is 20.1. The number of aromatic amines is 1. The number of rotatable bonds is 7. The molecule has 0 amide bonds. The molecular weight excluding hydrogens is 370 g/mol. The summed E-state index contributed by atoms with van der Waals surface area (Å²) < 4.78 is 11.1. The number of nitrogens with zero attached hydrogens (tertiary/aromatic N) is 4. The van der Waals surface area contributed by atoms with Gasteiger partial charge in [-0.25, -0.2) is 19.7 Å². The van der Waals surface area contributed by atoms with E-state index in [1.165, 1.54) is 6.08 Å². The number of carbonyl (C=O) groups excluding carboxylic acids is 1. The van der Waals surface area contributed by atoms with E-state index in [-0.39, 0.29) is 12.0 Å². The predicted octanol–water partition coefficient (Wildman–Crippen LogP) is 2.98. The zero-order valence-corrected chi connectivity index (χ0v) is 16.2. The lowest BCUT2D eigenvalue weighted by Crippen LogP contribution is -2.35. The van der Waals surface area contributed by atoms with Crippen molar-refractivity contribution < 1.29 is 14.3 Å². The van der Waals surface area contributed by atoms with Crippen molar-refractivity contribution in [1.82, 2.24) is 19.9 Å². The first-order valence-electron chi connectivity index (χ1n) is 9.73. The van der Waals surface area contributed by atoms with Crippen LogP contribution in [0.5, 0.6) is 5.75 Å². The van der Waals surface area contributed by atoms with Crippen LogP contribution in [0.3, 0.4) is 0 Å². The normalized spacial score (nSPS) is 16.6. The molecule has 0 spiro atoms. The highest BCUT2D eigenvalue weighted by molar-refractivity contribution is 5.87. The summed E-state index contributed by atoms with van der Waals surface area (Å²) in [5, 5.41) is 0. The molecular formula is C21H23N5O3. The van der Waals surface area contributed by atoms with Gasteiger partial charge in [-0.15, -0.1) is 0 Å². The molecule has 8 heteroatoms. The molecule has 3 heterocycles. The van der Waals surface area contributed by atoms with E-state index in [1.54, 1.807) is 25.7 Å². The summed E-state index contributed by atoms with van der Waals surface area (Å²) in [6, 6.07) is 7.84. The molecule has 1 aromatic carbocycles. The summed E-state index contributed by atoms with van der Waals surface area (Å²) in [5.74, 6) is 1.22. The van der Waals surface area contributed by atoms with E-state index in [1.807, 2.05) is 24.3 Å². The number of carbonyl (C=O) groups is 1. The highest BCUT2D eigenvalue weighted by Gasteiger charge is 2.28. The Balaban J connectivity index is 1.48. The summed E-state index contributed by atoms with van der Waals surface area (Å²) in [7, 11) is 0. The highest BCUT2D eigenvalue weighted by atomic mass is 16.5. The fourth-order valence-electron chi connectivity index (χ4n) is 3.54. The van der Waals surface area contributed by atoms with Crippen LogP contribution in [0.25, 0.3) is 17.2 Å². The molecule has 1 atom stereocenters. The van der Waals surface area contributed by atoms with E-state index in [9.17, 15) is 4.79 Å². The van der Waals surface area contributed by atoms with Crippen LogP contribution in [-0.4, -0.2) is 51.7 Å². The van der Waals surface area contributed by atoms with Gasteiger partial charge in [0, 0.05) is 18.2 Å². The molecule has 0 radical (unpaired) electrons. The Bertz CT molecular complexity index is 1020. The lowest BCUT2D eigenvalue weighted by molar-refractivity contribution is -0.137. The topological polar surface area (TPSA) is 93.2 Å². The molecule has 1 aliphatic rings. The van der Waals surface area contributed by atoms with Crippen molar-refractivity contribution in [2.24, 2.45) is 0 Å². The van der Waals surface area contributed by atoms with Crippen molar-refractivity contribution >= 4 is 29.0 Å². The van der Waals surface area contributed by atoms with E-state index in [0.29, 0.717) is 18.9 Å². The Morgan fingerprint density at radius 2 is 2.21 bits per heavy atom. The Kier molecular flexibility index (Phi) is 5.69. The number of ether oxygens (including phenoxy) is 2. The van der Waals surface area contributed by atoms with Crippen LogP contribution in [0.1, 0.15) is 25.3 Å². The van der Waals surface area contributed by atoms with Crippen molar-refractivity contribution in [2.45, 2.75) is 25.8 Å². The second-order valence-corrected chi connectivity index (χ2v) is 6.72. The summed E-state index contributed by atoms with van der Waals surface area (Å²) >= 11 is 0. The summed E-state index contributed by atoms with van der Waals surface area (Å²) in [5.41, 5.74) is 2.34. The van der Waals surface area contributed by atoms with Gasteiger partial charge in [0.1, 0.15) is 24.2 Å². The molecule has 1 N–H and O–H groups in total. The number of esters is 1. The molecule has 2 aromatic heterocycles. The van der Waals surface area contributed by atoms with Crippen molar-refractivity contribution in [3.63, 3.8) is 0 Å². The van der Waals surface area contributed by atoms with Crippen LogP contribution < -0.4 is 9.64 Å². The van der Waals surface area contributed by atoms with Crippen molar-refractivity contribution in [3.8, 4) is 5.75 Å².